The molecule has 0 spiro atoms. The number of piperazine rings is 1. The quantitative estimate of drug-likeness (QED) is 0.724. The summed E-state index contributed by atoms with van der Waals surface area (Å²) < 4.78 is 1.66. The zero-order chi connectivity index (χ0) is 16.5. The molecule has 24 heavy (non-hydrogen) atoms. The molecule has 1 aromatic carbocycles. The summed E-state index contributed by atoms with van der Waals surface area (Å²) in [5, 5.41) is 5.24. The zero-order valence-corrected chi connectivity index (χ0v) is 13.6. The summed E-state index contributed by atoms with van der Waals surface area (Å²) in [6.07, 6.45) is 5.25. The summed E-state index contributed by atoms with van der Waals surface area (Å²) in [6.45, 7) is 3.06. The molecule has 2 aromatic heterocycles. The van der Waals surface area contributed by atoms with Crippen LogP contribution in [-0.2, 0) is 7.05 Å². The Bertz CT molecular complexity index is 875. The standard InChI is InChI=1S/C18H19N5O/c1-21-13-14(12-20-21)18(24)23-10-8-22(9-11-23)17-6-7-19-16-5-3-2-4-15(16)17/h2-7,12-13H,8-11H2,1H3. The maximum Gasteiger partial charge on any atom is 0.257 e. The van der Waals surface area contributed by atoms with E-state index < -0.39 is 0 Å². The first-order chi connectivity index (χ1) is 11.7. The average Bonchev–Trinajstić information content (AvgIpc) is 3.07. The lowest BCUT2D eigenvalue weighted by Gasteiger charge is -2.36. The van der Waals surface area contributed by atoms with Crippen molar-refractivity contribution in [2.45, 2.75) is 0 Å². The van der Waals surface area contributed by atoms with Crippen LogP contribution in [0.15, 0.2) is 48.9 Å². The van der Waals surface area contributed by atoms with E-state index in [1.54, 1.807) is 17.1 Å². The highest BCUT2D eigenvalue weighted by Crippen LogP contribution is 2.26. The fourth-order valence-electron chi connectivity index (χ4n) is 3.22. The molecule has 1 aliphatic rings. The maximum absolute atomic E-state index is 12.5. The Labute approximate surface area is 140 Å². The van der Waals surface area contributed by atoms with E-state index in [2.05, 4.69) is 27.1 Å². The maximum atomic E-state index is 12.5. The van der Waals surface area contributed by atoms with Crippen LogP contribution in [0, 0.1) is 0 Å². The summed E-state index contributed by atoms with van der Waals surface area (Å²) in [7, 11) is 1.82. The molecular weight excluding hydrogens is 302 g/mol. The predicted molar refractivity (Wildman–Crippen MR) is 93.1 cm³/mol. The van der Waals surface area contributed by atoms with Crippen molar-refractivity contribution >= 4 is 22.5 Å². The van der Waals surface area contributed by atoms with Gasteiger partial charge in [-0.05, 0) is 12.1 Å². The monoisotopic (exact) mass is 321 g/mol. The van der Waals surface area contributed by atoms with Gasteiger partial charge < -0.3 is 9.80 Å². The largest absolute Gasteiger partial charge is 0.367 e. The van der Waals surface area contributed by atoms with Crippen molar-refractivity contribution < 1.29 is 4.79 Å². The number of nitrogens with zero attached hydrogens (tertiary/aromatic N) is 5. The molecule has 0 atom stereocenters. The van der Waals surface area contributed by atoms with E-state index >= 15 is 0 Å². The molecule has 6 nitrogen and oxygen atoms in total. The van der Waals surface area contributed by atoms with Crippen molar-refractivity contribution in [3.8, 4) is 0 Å². The van der Waals surface area contributed by atoms with Crippen LogP contribution in [0.1, 0.15) is 10.4 Å². The van der Waals surface area contributed by atoms with Crippen LogP contribution in [0.25, 0.3) is 10.9 Å². The number of amides is 1. The molecule has 0 aliphatic carbocycles. The second kappa shape index (κ2) is 5.96. The topological polar surface area (TPSA) is 54.3 Å². The number of pyridine rings is 1. The molecule has 0 saturated carbocycles. The van der Waals surface area contributed by atoms with Crippen molar-refractivity contribution in [3.63, 3.8) is 0 Å². The Balaban J connectivity index is 1.50. The molecule has 1 saturated heterocycles. The Morgan fingerprint density at radius 3 is 2.62 bits per heavy atom. The van der Waals surface area contributed by atoms with Crippen LogP contribution in [0.5, 0.6) is 0 Å². The van der Waals surface area contributed by atoms with Gasteiger partial charge in [0.25, 0.3) is 5.91 Å². The van der Waals surface area contributed by atoms with Gasteiger partial charge in [0.2, 0.25) is 0 Å². The molecule has 6 heteroatoms. The smallest absolute Gasteiger partial charge is 0.257 e. The van der Waals surface area contributed by atoms with Crippen molar-refractivity contribution in [2.24, 2.45) is 7.05 Å². The minimum Gasteiger partial charge on any atom is -0.367 e. The molecule has 4 rings (SSSR count). The number of benzene rings is 1. The van der Waals surface area contributed by atoms with Crippen LogP contribution in [-0.4, -0.2) is 51.8 Å². The minimum absolute atomic E-state index is 0.0577. The van der Waals surface area contributed by atoms with Crippen molar-refractivity contribution in [1.29, 1.82) is 0 Å². The molecule has 1 amide bonds. The van der Waals surface area contributed by atoms with E-state index in [9.17, 15) is 4.79 Å². The summed E-state index contributed by atoms with van der Waals surface area (Å²) in [4.78, 5) is 21.2. The number of hydrogen-bond acceptors (Lipinski definition) is 4. The Kier molecular flexibility index (Phi) is 3.65. The van der Waals surface area contributed by atoms with E-state index in [0.717, 1.165) is 24.0 Å². The number of fused-ring (bicyclic) bond motifs is 1. The zero-order valence-electron chi connectivity index (χ0n) is 13.6. The third kappa shape index (κ3) is 2.60. The Hall–Kier alpha value is -2.89. The normalized spacial score (nSPS) is 15.0. The first kappa shape index (κ1) is 14.7. The minimum atomic E-state index is 0.0577. The van der Waals surface area contributed by atoms with Gasteiger partial charge in [-0.3, -0.25) is 14.5 Å². The molecule has 3 aromatic rings. The highest BCUT2D eigenvalue weighted by atomic mass is 16.2. The molecule has 122 valence electrons. The Morgan fingerprint density at radius 1 is 1.08 bits per heavy atom. The third-order valence-electron chi connectivity index (χ3n) is 4.49. The van der Waals surface area contributed by atoms with Crippen molar-refractivity contribution in [3.05, 3.63) is 54.5 Å². The number of carbonyl (C=O) groups is 1. The highest BCUT2D eigenvalue weighted by Gasteiger charge is 2.23. The lowest BCUT2D eigenvalue weighted by molar-refractivity contribution is 0.0747. The van der Waals surface area contributed by atoms with Crippen molar-refractivity contribution in [1.82, 2.24) is 19.7 Å². The molecule has 0 bridgehead atoms. The number of aryl methyl sites for hydroxylation is 1. The van der Waals surface area contributed by atoms with E-state index in [-0.39, 0.29) is 5.91 Å². The SMILES string of the molecule is Cn1cc(C(=O)N2CCN(c3ccnc4ccccc34)CC2)cn1. The molecule has 0 radical (unpaired) electrons. The Morgan fingerprint density at radius 2 is 1.88 bits per heavy atom. The van der Waals surface area contributed by atoms with Crippen LogP contribution >= 0.6 is 0 Å². The fraction of sp³-hybridized carbons (Fsp3) is 0.278. The second-order valence-electron chi connectivity index (χ2n) is 6.03. The van der Waals surface area contributed by atoms with E-state index in [1.165, 1.54) is 5.69 Å². The average molecular weight is 321 g/mol. The first-order valence-corrected chi connectivity index (χ1v) is 8.09. The third-order valence-corrected chi connectivity index (χ3v) is 4.49. The first-order valence-electron chi connectivity index (χ1n) is 8.09. The summed E-state index contributed by atoms with van der Waals surface area (Å²) in [6, 6.07) is 10.2. The molecule has 1 fully saturated rings. The predicted octanol–water partition coefficient (Wildman–Crippen LogP) is 1.93. The van der Waals surface area contributed by atoms with Gasteiger partial charge in [0.05, 0.1) is 17.3 Å². The summed E-state index contributed by atoms with van der Waals surface area (Å²) >= 11 is 0. The van der Waals surface area contributed by atoms with Gasteiger partial charge in [-0.1, -0.05) is 18.2 Å². The van der Waals surface area contributed by atoms with Gasteiger partial charge >= 0.3 is 0 Å². The van der Waals surface area contributed by atoms with E-state index in [0.29, 0.717) is 18.7 Å². The van der Waals surface area contributed by atoms with Crippen LogP contribution in [0.4, 0.5) is 5.69 Å². The van der Waals surface area contributed by atoms with Crippen LogP contribution in [0.3, 0.4) is 0 Å². The van der Waals surface area contributed by atoms with Gasteiger partial charge in [0.1, 0.15) is 0 Å². The molecule has 0 N–H and O–H groups in total. The number of aromatic nitrogens is 3. The number of rotatable bonds is 2. The van der Waals surface area contributed by atoms with E-state index in [4.69, 9.17) is 0 Å². The molecule has 3 heterocycles. The lowest BCUT2D eigenvalue weighted by Crippen LogP contribution is -2.48. The molecule has 1 aliphatic heterocycles. The highest BCUT2D eigenvalue weighted by molar-refractivity contribution is 5.94. The van der Waals surface area contributed by atoms with Crippen LogP contribution in [0.2, 0.25) is 0 Å². The van der Waals surface area contributed by atoms with E-state index in [1.807, 2.05) is 36.3 Å². The van der Waals surface area contributed by atoms with Gasteiger partial charge in [-0.25, -0.2) is 0 Å². The number of hydrogen-bond donors (Lipinski definition) is 0. The lowest BCUT2D eigenvalue weighted by atomic mass is 10.1. The molecular formula is C18H19N5O. The molecule has 0 unspecified atom stereocenters. The number of anilines is 1. The van der Waals surface area contributed by atoms with Gasteiger partial charge in [0, 0.05) is 56.7 Å². The van der Waals surface area contributed by atoms with Gasteiger partial charge in [-0.15, -0.1) is 0 Å². The van der Waals surface area contributed by atoms with Gasteiger partial charge in [-0.2, -0.15) is 5.10 Å². The number of para-hydroxylation sites is 1. The van der Waals surface area contributed by atoms with Crippen molar-refractivity contribution in [2.75, 3.05) is 31.1 Å². The summed E-state index contributed by atoms with van der Waals surface area (Å²) in [5.41, 5.74) is 2.85. The fourth-order valence-corrected chi connectivity index (χ4v) is 3.22. The number of carbonyl (C=O) groups excluding carboxylic acids is 1. The van der Waals surface area contributed by atoms with Crippen LogP contribution < -0.4 is 4.90 Å². The second-order valence-corrected chi connectivity index (χ2v) is 6.03. The van der Waals surface area contributed by atoms with Gasteiger partial charge in [0.15, 0.2) is 0 Å². The summed E-state index contributed by atoms with van der Waals surface area (Å²) in [5.74, 6) is 0.0577.